The molecule has 0 aromatic heterocycles. The van der Waals surface area contributed by atoms with Gasteiger partial charge in [0.25, 0.3) is 0 Å². The highest BCUT2D eigenvalue weighted by atomic mass is 19.1. The first-order valence-corrected chi connectivity index (χ1v) is 12.3. The van der Waals surface area contributed by atoms with Crippen molar-refractivity contribution in [3.05, 3.63) is 76.4 Å². The van der Waals surface area contributed by atoms with Crippen molar-refractivity contribution >= 4 is 6.08 Å². The first-order chi connectivity index (χ1) is 15.1. The molecule has 0 heterocycles. The van der Waals surface area contributed by atoms with E-state index in [2.05, 4.69) is 25.6 Å². The molecule has 4 rings (SSSR count). The molecular formula is C29H36F2. The Morgan fingerprint density at radius 1 is 0.903 bits per heavy atom. The van der Waals surface area contributed by atoms with E-state index in [0.717, 1.165) is 42.7 Å². The lowest BCUT2D eigenvalue weighted by Gasteiger charge is -2.30. The minimum Gasteiger partial charge on any atom is -0.207 e. The summed E-state index contributed by atoms with van der Waals surface area (Å²) in [5.41, 5.74) is 4.79. The van der Waals surface area contributed by atoms with Crippen LogP contribution >= 0.6 is 0 Å². The van der Waals surface area contributed by atoms with Crippen molar-refractivity contribution in [1.29, 1.82) is 0 Å². The lowest BCUT2D eigenvalue weighted by molar-refractivity contribution is 0.302. The number of unbranched alkanes of at least 4 members (excludes halogenated alkanes) is 2. The molecule has 1 unspecified atom stereocenters. The van der Waals surface area contributed by atoms with Crippen LogP contribution in [-0.4, -0.2) is 0 Å². The second-order valence-electron chi connectivity index (χ2n) is 9.78. The molecule has 2 aliphatic carbocycles. The topological polar surface area (TPSA) is 0 Å². The van der Waals surface area contributed by atoms with Gasteiger partial charge in [0.1, 0.15) is 11.6 Å². The maximum absolute atomic E-state index is 15.2. The number of halogens is 2. The fourth-order valence-corrected chi connectivity index (χ4v) is 5.85. The van der Waals surface area contributed by atoms with Gasteiger partial charge in [0.15, 0.2) is 0 Å². The van der Waals surface area contributed by atoms with Crippen LogP contribution in [0.25, 0.3) is 6.08 Å². The van der Waals surface area contributed by atoms with Crippen molar-refractivity contribution in [2.24, 2.45) is 5.92 Å². The summed E-state index contributed by atoms with van der Waals surface area (Å²) in [5, 5.41) is 0. The molecule has 2 aliphatic rings. The molecule has 0 saturated heterocycles. The number of aryl methyl sites for hydroxylation is 1. The molecule has 1 fully saturated rings. The molecule has 0 N–H and O–H groups in total. The predicted octanol–water partition coefficient (Wildman–Crippen LogP) is 8.73. The maximum Gasteiger partial charge on any atom is 0.129 e. The summed E-state index contributed by atoms with van der Waals surface area (Å²) in [6.07, 6.45) is 14.0. The van der Waals surface area contributed by atoms with Gasteiger partial charge in [-0.2, -0.15) is 0 Å². The lowest BCUT2D eigenvalue weighted by atomic mass is 9.75. The maximum atomic E-state index is 15.2. The van der Waals surface area contributed by atoms with Crippen molar-refractivity contribution in [1.82, 2.24) is 0 Å². The predicted molar refractivity (Wildman–Crippen MR) is 126 cm³/mol. The summed E-state index contributed by atoms with van der Waals surface area (Å²) in [6, 6.07) is 9.60. The number of hydrogen-bond acceptors (Lipinski definition) is 0. The third-order valence-electron chi connectivity index (χ3n) is 7.74. The van der Waals surface area contributed by atoms with Crippen LogP contribution in [0.5, 0.6) is 0 Å². The molecular weight excluding hydrogens is 386 g/mol. The molecule has 31 heavy (non-hydrogen) atoms. The molecule has 2 aromatic rings. The number of rotatable bonds is 7. The normalized spacial score (nSPS) is 23.4. The van der Waals surface area contributed by atoms with E-state index in [9.17, 15) is 0 Å². The van der Waals surface area contributed by atoms with Gasteiger partial charge in [0.05, 0.1) is 0 Å². The van der Waals surface area contributed by atoms with Gasteiger partial charge in [-0.1, -0.05) is 63.5 Å². The first-order valence-electron chi connectivity index (χ1n) is 12.3. The largest absolute Gasteiger partial charge is 0.207 e. The van der Waals surface area contributed by atoms with E-state index in [1.165, 1.54) is 49.7 Å². The molecule has 2 aromatic carbocycles. The second-order valence-corrected chi connectivity index (χ2v) is 9.78. The van der Waals surface area contributed by atoms with E-state index < -0.39 is 0 Å². The second kappa shape index (κ2) is 10.1. The fraction of sp³-hybridized carbons (Fsp3) is 0.517. The van der Waals surface area contributed by atoms with Crippen LogP contribution in [0.4, 0.5) is 8.78 Å². The average molecular weight is 423 g/mol. The van der Waals surface area contributed by atoms with E-state index in [-0.39, 0.29) is 17.6 Å². The van der Waals surface area contributed by atoms with Gasteiger partial charge in [-0.15, -0.1) is 0 Å². The Balaban J connectivity index is 1.44. The molecule has 0 radical (unpaired) electrons. The third kappa shape index (κ3) is 5.10. The van der Waals surface area contributed by atoms with Crippen molar-refractivity contribution in [2.75, 3.05) is 0 Å². The summed E-state index contributed by atoms with van der Waals surface area (Å²) in [4.78, 5) is 0. The zero-order valence-corrected chi connectivity index (χ0v) is 18.9. The van der Waals surface area contributed by atoms with Crippen LogP contribution in [-0.2, 0) is 12.8 Å². The smallest absolute Gasteiger partial charge is 0.129 e. The van der Waals surface area contributed by atoms with E-state index in [4.69, 9.17) is 0 Å². The minimum absolute atomic E-state index is 0.0783. The van der Waals surface area contributed by atoms with Gasteiger partial charge >= 0.3 is 0 Å². The molecule has 0 bridgehead atoms. The number of benzene rings is 2. The molecule has 2 heteroatoms. The summed E-state index contributed by atoms with van der Waals surface area (Å²) in [7, 11) is 0. The van der Waals surface area contributed by atoms with Gasteiger partial charge in [-0.25, -0.2) is 8.78 Å². The van der Waals surface area contributed by atoms with Crippen LogP contribution in [0.1, 0.15) is 104 Å². The van der Waals surface area contributed by atoms with Gasteiger partial charge in [-0.3, -0.25) is 0 Å². The van der Waals surface area contributed by atoms with E-state index in [1.54, 1.807) is 12.1 Å². The quantitative estimate of drug-likeness (QED) is 0.391. The van der Waals surface area contributed by atoms with Crippen LogP contribution < -0.4 is 0 Å². The number of hydrogen-bond donors (Lipinski definition) is 0. The van der Waals surface area contributed by atoms with Crippen molar-refractivity contribution in [3.8, 4) is 0 Å². The Hall–Kier alpha value is -1.96. The third-order valence-corrected chi connectivity index (χ3v) is 7.74. The molecule has 1 atom stereocenters. The Morgan fingerprint density at radius 3 is 2.32 bits per heavy atom. The van der Waals surface area contributed by atoms with Gasteiger partial charge in [0, 0.05) is 5.56 Å². The molecule has 0 spiro atoms. The van der Waals surface area contributed by atoms with Crippen LogP contribution in [0.15, 0.2) is 36.9 Å². The zero-order valence-electron chi connectivity index (χ0n) is 18.9. The van der Waals surface area contributed by atoms with Gasteiger partial charge in [-0.05, 0) is 97.1 Å². The van der Waals surface area contributed by atoms with Crippen LogP contribution in [0, 0.1) is 17.6 Å². The van der Waals surface area contributed by atoms with Gasteiger partial charge in [0.2, 0.25) is 0 Å². The molecule has 0 aliphatic heterocycles. The highest BCUT2D eigenvalue weighted by Gasteiger charge is 2.28. The SMILES string of the molecule is C=Cc1ccc2c(c1)CCC(c1c(F)cc(C3CCC(CCCCC)CC3)cc1F)C2. The summed E-state index contributed by atoms with van der Waals surface area (Å²) in [5.74, 6) is 0.364. The molecule has 0 amide bonds. The fourth-order valence-electron chi connectivity index (χ4n) is 5.85. The Bertz CT molecular complexity index is 882. The Kier molecular flexibility index (Phi) is 7.25. The number of fused-ring (bicyclic) bond motifs is 1. The van der Waals surface area contributed by atoms with E-state index in [1.807, 2.05) is 12.1 Å². The Labute approximate surface area is 186 Å². The van der Waals surface area contributed by atoms with Crippen molar-refractivity contribution < 1.29 is 8.78 Å². The van der Waals surface area contributed by atoms with E-state index in [0.29, 0.717) is 17.9 Å². The summed E-state index contributed by atoms with van der Waals surface area (Å²) < 4.78 is 30.3. The Morgan fingerprint density at radius 2 is 1.65 bits per heavy atom. The standard InChI is InChI=1S/C29H36F2/c1-3-5-6-7-21-9-11-22(12-10-21)26-18-27(30)29(28(31)19-26)25-15-14-23-16-20(4-2)8-13-24(23)17-25/h4,8,13,16,18-19,21-22,25H,2-3,5-7,9-12,14-15,17H2,1H3. The van der Waals surface area contributed by atoms with E-state index >= 15 is 8.78 Å². The minimum atomic E-state index is -0.337. The first kappa shape index (κ1) is 22.2. The lowest BCUT2D eigenvalue weighted by Crippen LogP contribution is -2.17. The highest BCUT2D eigenvalue weighted by molar-refractivity contribution is 5.51. The monoisotopic (exact) mass is 422 g/mol. The zero-order chi connectivity index (χ0) is 21.8. The average Bonchev–Trinajstić information content (AvgIpc) is 2.79. The summed E-state index contributed by atoms with van der Waals surface area (Å²) >= 11 is 0. The van der Waals surface area contributed by atoms with Crippen LogP contribution in [0.2, 0.25) is 0 Å². The van der Waals surface area contributed by atoms with Crippen molar-refractivity contribution in [2.45, 2.75) is 89.4 Å². The molecule has 1 saturated carbocycles. The van der Waals surface area contributed by atoms with Crippen LogP contribution in [0.3, 0.4) is 0 Å². The van der Waals surface area contributed by atoms with Gasteiger partial charge < -0.3 is 0 Å². The summed E-state index contributed by atoms with van der Waals surface area (Å²) in [6.45, 7) is 6.08. The van der Waals surface area contributed by atoms with Crippen molar-refractivity contribution in [3.63, 3.8) is 0 Å². The molecule has 0 nitrogen and oxygen atoms in total. The highest BCUT2D eigenvalue weighted by Crippen LogP contribution is 2.41. The molecule has 166 valence electrons.